The molecule has 0 fully saturated rings. The van der Waals surface area contributed by atoms with Crippen LogP contribution in [0.15, 0.2) is 121 Å². The zero-order valence-electron chi connectivity index (χ0n) is 23.9. The molecule has 2 heterocycles. The molecule has 0 N–H and O–H groups in total. The molecule has 4 aromatic carbocycles. The number of hydrogen-bond acceptors (Lipinski definition) is 1. The minimum absolute atomic E-state index is 0.0705. The first kappa shape index (κ1) is 25.1. The first-order valence-corrected chi connectivity index (χ1v) is 13.8. The van der Waals surface area contributed by atoms with E-state index >= 15 is 0 Å². The van der Waals surface area contributed by atoms with Crippen LogP contribution in [-0.2, 0) is 10.8 Å². The van der Waals surface area contributed by atoms with Crippen molar-refractivity contribution < 1.29 is 4.58 Å². The highest BCUT2D eigenvalue weighted by Crippen LogP contribution is 2.48. The molecular formula is C37H37N2+. The Balaban J connectivity index is 1.33. The molecule has 0 amide bonds. The molecule has 2 aliphatic heterocycles. The summed E-state index contributed by atoms with van der Waals surface area (Å²) in [5.74, 6) is 0. The summed E-state index contributed by atoms with van der Waals surface area (Å²) in [6, 6.07) is 35.1. The average Bonchev–Trinajstić information content (AvgIpc) is 3.27. The molecule has 194 valence electrons. The smallest absolute Gasteiger partial charge is 0.210 e. The van der Waals surface area contributed by atoms with Crippen molar-refractivity contribution in [2.45, 2.75) is 38.5 Å². The maximum atomic E-state index is 2.36. The van der Waals surface area contributed by atoms with E-state index in [-0.39, 0.29) is 10.8 Å². The number of nitrogens with zero attached hydrogens (tertiary/aromatic N) is 2. The first-order valence-electron chi connectivity index (χ1n) is 13.8. The maximum Gasteiger partial charge on any atom is 0.210 e. The van der Waals surface area contributed by atoms with Crippen LogP contribution in [0.4, 0.5) is 11.4 Å². The van der Waals surface area contributed by atoms with Gasteiger partial charge >= 0.3 is 0 Å². The van der Waals surface area contributed by atoms with Crippen LogP contribution in [0.5, 0.6) is 0 Å². The Hall–Kier alpha value is -4.17. The van der Waals surface area contributed by atoms with E-state index in [2.05, 4.69) is 167 Å². The third kappa shape index (κ3) is 4.06. The second kappa shape index (κ2) is 9.24. The summed E-state index contributed by atoms with van der Waals surface area (Å²) in [4.78, 5) is 2.36. The van der Waals surface area contributed by atoms with Crippen LogP contribution in [0.1, 0.15) is 38.8 Å². The fourth-order valence-electron chi connectivity index (χ4n) is 6.54. The molecule has 2 heteroatoms. The van der Waals surface area contributed by atoms with Gasteiger partial charge in [0.2, 0.25) is 5.69 Å². The lowest BCUT2D eigenvalue weighted by molar-refractivity contribution is -0.401. The fourth-order valence-corrected chi connectivity index (χ4v) is 6.54. The largest absolute Gasteiger partial charge is 0.347 e. The van der Waals surface area contributed by atoms with Crippen molar-refractivity contribution in [3.63, 3.8) is 0 Å². The Kier molecular flexibility index (Phi) is 5.95. The molecule has 0 aromatic heterocycles. The molecule has 2 aliphatic rings. The number of anilines is 1. The van der Waals surface area contributed by atoms with Gasteiger partial charge in [0.1, 0.15) is 7.05 Å². The van der Waals surface area contributed by atoms with E-state index < -0.39 is 0 Å². The lowest BCUT2D eigenvalue weighted by atomic mass is 9.80. The van der Waals surface area contributed by atoms with Crippen molar-refractivity contribution in [2.24, 2.45) is 0 Å². The second-order valence-electron chi connectivity index (χ2n) is 11.9. The standard InChI is InChI=1S/C37H37N2/c1-36(2)30-22-20-28(26-14-9-7-10-15-26)24-32(30)38(5)34(36)18-13-19-35-37(3,4)31-23-21-29(25-33(31)39(35)6)27-16-11-8-12-17-27/h7-25H,1-6H3/q+1. The Labute approximate surface area is 233 Å². The normalized spacial score (nSPS) is 18.2. The van der Waals surface area contributed by atoms with Gasteiger partial charge in [-0.1, -0.05) is 105 Å². The van der Waals surface area contributed by atoms with Gasteiger partial charge in [-0.2, -0.15) is 4.58 Å². The van der Waals surface area contributed by atoms with Crippen LogP contribution in [-0.4, -0.2) is 24.4 Å². The maximum absolute atomic E-state index is 2.36. The van der Waals surface area contributed by atoms with Crippen LogP contribution in [0.2, 0.25) is 0 Å². The van der Waals surface area contributed by atoms with Crippen LogP contribution in [0.3, 0.4) is 0 Å². The Morgan fingerprint density at radius 3 is 1.82 bits per heavy atom. The van der Waals surface area contributed by atoms with Gasteiger partial charge < -0.3 is 4.90 Å². The van der Waals surface area contributed by atoms with Crippen molar-refractivity contribution in [2.75, 3.05) is 19.0 Å². The van der Waals surface area contributed by atoms with E-state index in [1.165, 1.54) is 56.2 Å². The third-order valence-electron chi connectivity index (χ3n) is 8.79. The fraction of sp³-hybridized carbons (Fsp3) is 0.216. The van der Waals surface area contributed by atoms with Gasteiger partial charge in [-0.25, -0.2) is 0 Å². The summed E-state index contributed by atoms with van der Waals surface area (Å²) in [5.41, 5.74) is 12.8. The molecular weight excluding hydrogens is 472 g/mol. The quantitative estimate of drug-likeness (QED) is 0.249. The molecule has 0 spiro atoms. The molecule has 0 unspecified atom stereocenters. The summed E-state index contributed by atoms with van der Waals surface area (Å²) < 4.78 is 2.36. The lowest BCUT2D eigenvalue weighted by Crippen LogP contribution is -2.26. The average molecular weight is 510 g/mol. The molecule has 0 radical (unpaired) electrons. The third-order valence-corrected chi connectivity index (χ3v) is 8.79. The molecule has 39 heavy (non-hydrogen) atoms. The summed E-state index contributed by atoms with van der Waals surface area (Å²) in [7, 11) is 4.39. The molecule has 2 nitrogen and oxygen atoms in total. The Morgan fingerprint density at radius 1 is 0.641 bits per heavy atom. The highest BCUT2D eigenvalue weighted by atomic mass is 15.2. The molecule has 0 saturated carbocycles. The van der Waals surface area contributed by atoms with Crippen molar-refractivity contribution in [3.05, 3.63) is 132 Å². The van der Waals surface area contributed by atoms with Gasteiger partial charge in [0.25, 0.3) is 0 Å². The van der Waals surface area contributed by atoms with Gasteiger partial charge in [-0.05, 0) is 53.8 Å². The zero-order chi connectivity index (χ0) is 27.4. The number of likely N-dealkylation sites (N-methyl/N-ethyl adjacent to an activating group) is 1. The molecule has 0 bridgehead atoms. The lowest BCUT2D eigenvalue weighted by Gasteiger charge is -2.23. The van der Waals surface area contributed by atoms with Crippen molar-refractivity contribution in [3.8, 4) is 22.3 Å². The monoisotopic (exact) mass is 509 g/mol. The molecule has 0 saturated heterocycles. The van der Waals surface area contributed by atoms with Gasteiger partial charge in [-0.15, -0.1) is 0 Å². The topological polar surface area (TPSA) is 6.25 Å². The summed E-state index contributed by atoms with van der Waals surface area (Å²) >= 11 is 0. The number of benzene rings is 4. The van der Waals surface area contributed by atoms with Crippen LogP contribution in [0, 0.1) is 0 Å². The van der Waals surface area contributed by atoms with E-state index in [0.717, 1.165) is 0 Å². The number of fused-ring (bicyclic) bond motifs is 2. The highest BCUT2D eigenvalue weighted by molar-refractivity contribution is 6.03. The van der Waals surface area contributed by atoms with Gasteiger partial charge in [-0.3, -0.25) is 0 Å². The zero-order valence-corrected chi connectivity index (χ0v) is 23.9. The van der Waals surface area contributed by atoms with E-state index in [0.29, 0.717) is 0 Å². The minimum atomic E-state index is -0.0705. The Morgan fingerprint density at radius 2 is 1.21 bits per heavy atom. The van der Waals surface area contributed by atoms with Crippen molar-refractivity contribution >= 4 is 17.1 Å². The predicted octanol–water partition coefficient (Wildman–Crippen LogP) is 8.89. The van der Waals surface area contributed by atoms with E-state index in [1.54, 1.807) is 0 Å². The predicted molar refractivity (Wildman–Crippen MR) is 166 cm³/mol. The van der Waals surface area contributed by atoms with Gasteiger partial charge in [0, 0.05) is 41.6 Å². The molecule has 0 atom stereocenters. The molecule has 4 aromatic rings. The van der Waals surface area contributed by atoms with Crippen molar-refractivity contribution in [1.29, 1.82) is 0 Å². The number of rotatable bonds is 4. The van der Waals surface area contributed by atoms with Crippen LogP contribution < -0.4 is 4.90 Å². The molecule has 0 aliphatic carbocycles. The Bertz CT molecular complexity index is 1650. The second-order valence-corrected chi connectivity index (χ2v) is 11.9. The summed E-state index contributed by atoms with van der Waals surface area (Å²) in [6.07, 6.45) is 6.85. The van der Waals surface area contributed by atoms with Crippen LogP contribution in [0.25, 0.3) is 22.3 Å². The van der Waals surface area contributed by atoms with E-state index in [4.69, 9.17) is 0 Å². The van der Waals surface area contributed by atoms with E-state index in [1.807, 2.05) is 0 Å². The summed E-state index contributed by atoms with van der Waals surface area (Å²) in [6.45, 7) is 9.32. The summed E-state index contributed by atoms with van der Waals surface area (Å²) in [5, 5.41) is 0. The first-order chi connectivity index (χ1) is 18.7. The minimum Gasteiger partial charge on any atom is -0.347 e. The number of allylic oxidation sites excluding steroid dienone is 4. The van der Waals surface area contributed by atoms with Crippen molar-refractivity contribution in [1.82, 2.24) is 0 Å². The SMILES string of the molecule is CN1C(=CC=CC2=[N+](C)c3cc(-c4ccccc4)ccc3C2(C)C)C(C)(C)c2ccc(-c3ccccc3)cc21. The van der Waals surface area contributed by atoms with Gasteiger partial charge in [0.05, 0.1) is 5.41 Å². The van der Waals surface area contributed by atoms with Gasteiger partial charge in [0.15, 0.2) is 5.71 Å². The van der Waals surface area contributed by atoms with E-state index in [9.17, 15) is 0 Å². The van der Waals surface area contributed by atoms with Crippen LogP contribution >= 0.6 is 0 Å². The number of hydrogen-bond donors (Lipinski definition) is 0. The molecule has 6 rings (SSSR count). The highest BCUT2D eigenvalue weighted by Gasteiger charge is 2.43.